The van der Waals surface area contributed by atoms with Gasteiger partial charge in [-0.3, -0.25) is 9.98 Å². The van der Waals surface area contributed by atoms with Gasteiger partial charge >= 0.3 is 0 Å². The molecule has 0 amide bonds. The Labute approximate surface area is 188 Å². The Morgan fingerprint density at radius 3 is 1.57 bits per heavy atom. The van der Waals surface area contributed by atoms with Gasteiger partial charge in [-0.25, -0.2) is 0 Å². The summed E-state index contributed by atoms with van der Waals surface area (Å²) in [5.74, 6) is 0.895. The molecule has 1 fully saturated rings. The summed E-state index contributed by atoms with van der Waals surface area (Å²) in [6.45, 7) is 3.95. The smallest absolute Gasteiger partial charge is 0.128 e. The first-order valence-electron chi connectivity index (χ1n) is 10.3. The van der Waals surface area contributed by atoms with Crippen molar-refractivity contribution in [3.63, 3.8) is 0 Å². The monoisotopic (exact) mass is 446 g/mol. The van der Waals surface area contributed by atoms with Crippen molar-refractivity contribution >= 4 is 35.6 Å². The van der Waals surface area contributed by atoms with Gasteiger partial charge in [-0.1, -0.05) is 25.0 Å². The van der Waals surface area contributed by atoms with Gasteiger partial charge < -0.3 is 10.2 Å². The minimum absolute atomic E-state index is 0.0359. The van der Waals surface area contributed by atoms with E-state index < -0.39 is 0 Å². The molecule has 4 nitrogen and oxygen atoms in total. The minimum atomic E-state index is 0.0359. The van der Waals surface area contributed by atoms with Crippen LogP contribution in [0, 0.1) is 13.8 Å². The quantitative estimate of drug-likeness (QED) is 0.419. The molecule has 2 unspecified atom stereocenters. The molecule has 0 saturated heterocycles. The van der Waals surface area contributed by atoms with E-state index in [4.69, 9.17) is 33.2 Å². The van der Waals surface area contributed by atoms with E-state index in [2.05, 4.69) is 0 Å². The molecular formula is C24H28Cl2N2O2. The van der Waals surface area contributed by atoms with Crippen LogP contribution in [0.1, 0.15) is 59.1 Å². The van der Waals surface area contributed by atoms with Crippen molar-refractivity contribution in [1.29, 1.82) is 0 Å². The third kappa shape index (κ3) is 5.35. The zero-order chi connectivity index (χ0) is 21.7. The molecule has 0 spiro atoms. The number of aryl methyl sites for hydroxylation is 2. The molecule has 0 bridgehead atoms. The lowest BCUT2D eigenvalue weighted by Gasteiger charge is -2.25. The molecule has 0 aromatic heterocycles. The molecule has 2 N–H and O–H groups in total. The van der Waals surface area contributed by atoms with Crippen LogP contribution in [0.2, 0.25) is 0 Å². The molecule has 0 heterocycles. The average Bonchev–Trinajstić information content (AvgIpc) is 2.74. The highest BCUT2D eigenvalue weighted by Gasteiger charge is 2.23. The minimum Gasteiger partial charge on any atom is -0.507 e. The summed E-state index contributed by atoms with van der Waals surface area (Å²) in [5, 5.41) is 20.8. The molecule has 0 radical (unpaired) electrons. The van der Waals surface area contributed by atoms with Crippen molar-refractivity contribution in [1.82, 2.24) is 0 Å². The fraction of sp³-hybridized carbons (Fsp3) is 0.417. The number of hydrogen-bond acceptors (Lipinski definition) is 4. The normalized spacial score (nSPS) is 19.7. The standard InChI is InChI=1S/C24H28Cl2N2O2/c1-15-7-17(11-25)23(29)19(9-15)13-27-21-5-3-4-6-22(21)28-14-20-10-16(2)8-18(12-26)24(20)30/h7-10,13-14,21-22,29-30H,3-6,11-12H2,1-2H3. The first kappa shape index (κ1) is 22.6. The van der Waals surface area contributed by atoms with Gasteiger partial charge in [-0.15, -0.1) is 23.2 Å². The van der Waals surface area contributed by atoms with E-state index in [1.54, 1.807) is 12.4 Å². The van der Waals surface area contributed by atoms with Crippen molar-refractivity contribution in [2.45, 2.75) is 63.4 Å². The summed E-state index contributed by atoms with van der Waals surface area (Å²) < 4.78 is 0. The maximum Gasteiger partial charge on any atom is 0.128 e. The number of hydrogen-bond donors (Lipinski definition) is 2. The van der Waals surface area contributed by atoms with E-state index in [1.807, 2.05) is 38.1 Å². The maximum absolute atomic E-state index is 10.4. The van der Waals surface area contributed by atoms with Gasteiger partial charge in [-0.2, -0.15) is 0 Å². The first-order valence-corrected chi connectivity index (χ1v) is 11.3. The first-order chi connectivity index (χ1) is 14.4. The molecule has 30 heavy (non-hydrogen) atoms. The Balaban J connectivity index is 1.83. The number of rotatable bonds is 6. The summed E-state index contributed by atoms with van der Waals surface area (Å²) in [6.07, 6.45) is 7.58. The molecule has 3 rings (SSSR count). The molecule has 0 aliphatic heterocycles. The molecule has 160 valence electrons. The summed E-state index contributed by atoms with van der Waals surface area (Å²) in [5.41, 5.74) is 4.85. The van der Waals surface area contributed by atoms with Gasteiger partial charge in [0.25, 0.3) is 0 Å². The van der Waals surface area contributed by atoms with Crippen molar-refractivity contribution in [3.8, 4) is 11.5 Å². The van der Waals surface area contributed by atoms with Crippen molar-refractivity contribution in [2.24, 2.45) is 9.98 Å². The molecule has 6 heteroatoms. The Hall–Kier alpha value is -2.04. The number of aromatic hydroxyl groups is 2. The Bertz CT molecular complexity index is 879. The number of benzene rings is 2. The van der Waals surface area contributed by atoms with E-state index in [1.165, 1.54) is 0 Å². The second-order valence-corrected chi connectivity index (χ2v) is 8.50. The zero-order valence-corrected chi connectivity index (χ0v) is 18.9. The largest absolute Gasteiger partial charge is 0.507 e. The number of alkyl halides is 2. The highest BCUT2D eigenvalue weighted by Crippen LogP contribution is 2.28. The van der Waals surface area contributed by atoms with Gasteiger partial charge in [0.05, 0.1) is 23.8 Å². The van der Waals surface area contributed by atoms with Crippen LogP contribution in [0.15, 0.2) is 34.3 Å². The topological polar surface area (TPSA) is 65.2 Å². The molecule has 1 aliphatic carbocycles. The van der Waals surface area contributed by atoms with E-state index in [0.717, 1.165) is 36.8 Å². The average molecular weight is 447 g/mol. The van der Waals surface area contributed by atoms with Crippen LogP contribution in [0.3, 0.4) is 0 Å². The van der Waals surface area contributed by atoms with Crippen LogP contribution < -0.4 is 0 Å². The van der Waals surface area contributed by atoms with Gasteiger partial charge in [-0.05, 0) is 49.9 Å². The lowest BCUT2D eigenvalue weighted by atomic mass is 9.91. The number of phenolic OH excluding ortho intramolecular Hbond substituents is 2. The van der Waals surface area contributed by atoms with E-state index in [9.17, 15) is 10.2 Å². The third-order valence-corrected chi connectivity index (χ3v) is 6.09. The lowest BCUT2D eigenvalue weighted by Crippen LogP contribution is -2.27. The Morgan fingerprint density at radius 1 is 0.800 bits per heavy atom. The Morgan fingerprint density at radius 2 is 1.20 bits per heavy atom. The van der Waals surface area contributed by atoms with Crippen molar-refractivity contribution in [3.05, 3.63) is 57.6 Å². The van der Waals surface area contributed by atoms with E-state index in [-0.39, 0.29) is 35.3 Å². The highest BCUT2D eigenvalue weighted by molar-refractivity contribution is 6.17. The second kappa shape index (κ2) is 10.3. The highest BCUT2D eigenvalue weighted by atomic mass is 35.5. The SMILES string of the molecule is Cc1cc(C=NC2CCCCC2N=Cc2cc(C)cc(CCl)c2O)c(O)c(CCl)c1. The van der Waals surface area contributed by atoms with E-state index in [0.29, 0.717) is 22.3 Å². The van der Waals surface area contributed by atoms with Crippen LogP contribution in [-0.4, -0.2) is 34.7 Å². The molecular weight excluding hydrogens is 419 g/mol. The number of phenols is 2. The van der Waals surface area contributed by atoms with Crippen LogP contribution in [-0.2, 0) is 11.8 Å². The number of halogens is 2. The third-order valence-electron chi connectivity index (χ3n) is 5.52. The fourth-order valence-electron chi connectivity index (χ4n) is 3.96. The second-order valence-electron chi connectivity index (χ2n) is 7.97. The van der Waals surface area contributed by atoms with Crippen LogP contribution in [0.25, 0.3) is 0 Å². The van der Waals surface area contributed by atoms with Crippen LogP contribution >= 0.6 is 23.2 Å². The predicted molar refractivity (Wildman–Crippen MR) is 126 cm³/mol. The van der Waals surface area contributed by atoms with Gasteiger partial charge in [0.15, 0.2) is 0 Å². The van der Waals surface area contributed by atoms with Crippen molar-refractivity contribution in [2.75, 3.05) is 0 Å². The van der Waals surface area contributed by atoms with Gasteiger partial charge in [0.1, 0.15) is 11.5 Å². The number of aliphatic imine (C=N–C) groups is 2. The molecule has 1 saturated carbocycles. The zero-order valence-electron chi connectivity index (χ0n) is 17.4. The molecule has 2 atom stereocenters. The molecule has 2 aromatic carbocycles. The van der Waals surface area contributed by atoms with Crippen molar-refractivity contribution < 1.29 is 10.2 Å². The summed E-state index contributed by atoms with van der Waals surface area (Å²) in [7, 11) is 0. The Kier molecular flexibility index (Phi) is 7.79. The molecule has 1 aliphatic rings. The predicted octanol–water partition coefficient (Wildman–Crippen LogP) is 6.04. The summed E-state index contributed by atoms with van der Waals surface area (Å²) in [6, 6.07) is 7.67. The maximum atomic E-state index is 10.4. The van der Waals surface area contributed by atoms with E-state index >= 15 is 0 Å². The van der Waals surface area contributed by atoms with Crippen LogP contribution in [0.5, 0.6) is 11.5 Å². The van der Waals surface area contributed by atoms with Gasteiger partial charge in [0, 0.05) is 34.7 Å². The fourth-order valence-corrected chi connectivity index (χ4v) is 4.37. The number of nitrogens with zero attached hydrogens (tertiary/aromatic N) is 2. The summed E-state index contributed by atoms with van der Waals surface area (Å²) >= 11 is 11.9. The van der Waals surface area contributed by atoms with Crippen LogP contribution in [0.4, 0.5) is 0 Å². The lowest BCUT2D eigenvalue weighted by molar-refractivity contribution is 0.390. The van der Waals surface area contributed by atoms with Gasteiger partial charge in [0.2, 0.25) is 0 Å². The molecule has 2 aromatic rings. The summed E-state index contributed by atoms with van der Waals surface area (Å²) in [4.78, 5) is 9.55.